The van der Waals surface area contributed by atoms with Crippen molar-refractivity contribution in [3.8, 4) is 6.07 Å². The van der Waals surface area contributed by atoms with E-state index in [-0.39, 0.29) is 0 Å². The second-order valence-electron chi connectivity index (χ2n) is 3.89. The lowest BCUT2D eigenvalue weighted by Gasteiger charge is -2.30. The molecule has 0 aromatic rings. The molecule has 1 fully saturated rings. The minimum atomic E-state index is 0.477. The third-order valence-corrected chi connectivity index (χ3v) is 2.88. The van der Waals surface area contributed by atoms with Gasteiger partial charge in [0.2, 0.25) is 0 Å². The fraction of sp³-hybridized carbons (Fsp3) is 0.909. The van der Waals surface area contributed by atoms with Gasteiger partial charge in [-0.3, -0.25) is 0 Å². The Balaban J connectivity index is 2.02. The smallest absolute Gasteiger partial charge is 0.0621 e. The van der Waals surface area contributed by atoms with Crippen LogP contribution in [0.5, 0.6) is 0 Å². The van der Waals surface area contributed by atoms with Gasteiger partial charge in [-0.2, -0.15) is 5.26 Å². The minimum absolute atomic E-state index is 0.477. The highest BCUT2D eigenvalue weighted by molar-refractivity contribution is 4.73. The van der Waals surface area contributed by atoms with Crippen molar-refractivity contribution in [1.82, 2.24) is 4.90 Å². The molecule has 0 atom stereocenters. The van der Waals surface area contributed by atoms with Gasteiger partial charge in [-0.15, -0.1) is 0 Å². The van der Waals surface area contributed by atoms with Gasteiger partial charge in [0, 0.05) is 26.6 Å². The Morgan fingerprint density at radius 1 is 1.36 bits per heavy atom. The van der Waals surface area contributed by atoms with E-state index in [1.165, 1.54) is 0 Å². The molecule has 3 nitrogen and oxygen atoms in total. The van der Waals surface area contributed by atoms with Crippen LogP contribution >= 0.6 is 0 Å². The van der Waals surface area contributed by atoms with Crippen molar-refractivity contribution in [1.29, 1.82) is 5.26 Å². The van der Waals surface area contributed by atoms with E-state index in [0.29, 0.717) is 12.5 Å². The molecule has 0 aromatic heterocycles. The number of likely N-dealkylation sites (tertiary alicyclic amines) is 1. The zero-order chi connectivity index (χ0) is 10.2. The molecule has 0 N–H and O–H groups in total. The SMILES string of the molecule is COC1CCN(CCCCC#N)CC1. The summed E-state index contributed by atoms with van der Waals surface area (Å²) in [5, 5.41) is 8.39. The summed E-state index contributed by atoms with van der Waals surface area (Å²) in [6, 6.07) is 2.18. The number of methoxy groups -OCH3 is 1. The van der Waals surface area contributed by atoms with Gasteiger partial charge in [-0.25, -0.2) is 0 Å². The number of rotatable bonds is 5. The Hall–Kier alpha value is -0.590. The van der Waals surface area contributed by atoms with Crippen LogP contribution in [0.3, 0.4) is 0 Å². The normalized spacial score (nSPS) is 19.4. The number of hydrogen-bond donors (Lipinski definition) is 0. The first-order valence-electron chi connectivity index (χ1n) is 5.49. The van der Waals surface area contributed by atoms with Crippen molar-refractivity contribution < 1.29 is 4.74 Å². The lowest BCUT2D eigenvalue weighted by Crippen LogP contribution is -2.37. The van der Waals surface area contributed by atoms with Crippen LogP contribution in [0.2, 0.25) is 0 Å². The zero-order valence-electron chi connectivity index (χ0n) is 9.04. The van der Waals surface area contributed by atoms with Gasteiger partial charge in [0.25, 0.3) is 0 Å². The highest BCUT2D eigenvalue weighted by atomic mass is 16.5. The molecule has 1 rings (SSSR count). The third-order valence-electron chi connectivity index (χ3n) is 2.88. The summed E-state index contributed by atoms with van der Waals surface area (Å²) in [4.78, 5) is 2.48. The molecule has 14 heavy (non-hydrogen) atoms. The Morgan fingerprint density at radius 2 is 2.07 bits per heavy atom. The molecular weight excluding hydrogens is 176 g/mol. The molecule has 1 aliphatic rings. The number of nitrogens with zero attached hydrogens (tertiary/aromatic N) is 2. The molecule has 0 aliphatic carbocycles. The molecule has 1 saturated heterocycles. The van der Waals surface area contributed by atoms with Crippen molar-refractivity contribution in [3.63, 3.8) is 0 Å². The maximum absolute atomic E-state index is 8.39. The minimum Gasteiger partial charge on any atom is -0.381 e. The van der Waals surface area contributed by atoms with Crippen LogP contribution in [0.1, 0.15) is 32.1 Å². The Morgan fingerprint density at radius 3 is 2.64 bits per heavy atom. The summed E-state index contributed by atoms with van der Waals surface area (Å²) in [6.07, 6.45) is 5.70. The van der Waals surface area contributed by atoms with Crippen molar-refractivity contribution >= 4 is 0 Å². The van der Waals surface area contributed by atoms with Crippen molar-refractivity contribution in [2.75, 3.05) is 26.7 Å². The van der Waals surface area contributed by atoms with Crippen LogP contribution in [-0.2, 0) is 4.74 Å². The van der Waals surface area contributed by atoms with E-state index >= 15 is 0 Å². The molecule has 3 heteroatoms. The largest absolute Gasteiger partial charge is 0.381 e. The predicted octanol–water partition coefficient (Wildman–Crippen LogP) is 1.79. The quantitative estimate of drug-likeness (QED) is 0.629. The van der Waals surface area contributed by atoms with E-state index in [1.54, 1.807) is 7.11 Å². The van der Waals surface area contributed by atoms with Crippen LogP contribution in [0.25, 0.3) is 0 Å². The molecule has 0 amide bonds. The number of ether oxygens (including phenoxy) is 1. The number of hydrogen-bond acceptors (Lipinski definition) is 3. The second-order valence-corrected chi connectivity index (χ2v) is 3.89. The summed E-state index contributed by atoms with van der Waals surface area (Å²) in [5.74, 6) is 0. The molecule has 0 unspecified atom stereocenters. The maximum atomic E-state index is 8.39. The van der Waals surface area contributed by atoms with E-state index in [9.17, 15) is 0 Å². The number of nitriles is 1. The van der Waals surface area contributed by atoms with Gasteiger partial charge in [-0.1, -0.05) is 0 Å². The van der Waals surface area contributed by atoms with Gasteiger partial charge >= 0.3 is 0 Å². The first kappa shape index (κ1) is 11.5. The molecule has 0 aromatic carbocycles. The van der Waals surface area contributed by atoms with Gasteiger partial charge in [0.1, 0.15) is 0 Å². The standard InChI is InChI=1S/C11H20N2O/c1-14-11-5-9-13(10-6-11)8-4-2-3-7-12/h11H,2-6,8-10H2,1H3. The van der Waals surface area contributed by atoms with E-state index < -0.39 is 0 Å². The Kier molecular flexibility index (Phi) is 5.58. The summed E-state index contributed by atoms with van der Waals surface area (Å²) in [5.41, 5.74) is 0. The van der Waals surface area contributed by atoms with Crippen LogP contribution < -0.4 is 0 Å². The average Bonchev–Trinajstić information content (AvgIpc) is 2.25. The van der Waals surface area contributed by atoms with E-state index in [1.807, 2.05) is 0 Å². The van der Waals surface area contributed by atoms with E-state index in [0.717, 1.165) is 45.3 Å². The molecule has 80 valence electrons. The summed E-state index contributed by atoms with van der Waals surface area (Å²) in [7, 11) is 1.80. The topological polar surface area (TPSA) is 36.3 Å². The third kappa shape index (κ3) is 4.08. The summed E-state index contributed by atoms with van der Waals surface area (Å²) >= 11 is 0. The van der Waals surface area contributed by atoms with Gasteiger partial charge in [0.15, 0.2) is 0 Å². The molecule has 1 aliphatic heterocycles. The number of piperidine rings is 1. The second kappa shape index (κ2) is 6.80. The summed E-state index contributed by atoms with van der Waals surface area (Å²) < 4.78 is 5.31. The molecule has 0 spiro atoms. The monoisotopic (exact) mass is 196 g/mol. The highest BCUT2D eigenvalue weighted by Gasteiger charge is 2.17. The van der Waals surface area contributed by atoms with Gasteiger partial charge in [-0.05, 0) is 32.2 Å². The van der Waals surface area contributed by atoms with Crippen LogP contribution in [0.4, 0.5) is 0 Å². The van der Waals surface area contributed by atoms with Crippen molar-refractivity contribution in [2.45, 2.75) is 38.2 Å². The first-order chi connectivity index (χ1) is 6.86. The molecule has 0 saturated carbocycles. The predicted molar refractivity (Wildman–Crippen MR) is 55.9 cm³/mol. The van der Waals surface area contributed by atoms with E-state index in [4.69, 9.17) is 10.00 Å². The fourth-order valence-electron chi connectivity index (χ4n) is 1.91. The lowest BCUT2D eigenvalue weighted by molar-refractivity contribution is 0.0407. The molecule has 0 radical (unpaired) electrons. The molecule has 0 bridgehead atoms. The van der Waals surface area contributed by atoms with Crippen LogP contribution in [0.15, 0.2) is 0 Å². The van der Waals surface area contributed by atoms with Crippen LogP contribution in [-0.4, -0.2) is 37.7 Å². The maximum Gasteiger partial charge on any atom is 0.0621 e. The van der Waals surface area contributed by atoms with Crippen molar-refractivity contribution in [2.24, 2.45) is 0 Å². The van der Waals surface area contributed by atoms with Gasteiger partial charge < -0.3 is 9.64 Å². The fourth-order valence-corrected chi connectivity index (χ4v) is 1.91. The molecule has 1 heterocycles. The van der Waals surface area contributed by atoms with Crippen LogP contribution in [0, 0.1) is 11.3 Å². The van der Waals surface area contributed by atoms with E-state index in [2.05, 4.69) is 11.0 Å². The number of unbranched alkanes of at least 4 members (excludes halogenated alkanes) is 2. The first-order valence-corrected chi connectivity index (χ1v) is 5.49. The Bertz CT molecular complexity index is 180. The summed E-state index contributed by atoms with van der Waals surface area (Å²) in [6.45, 7) is 3.47. The van der Waals surface area contributed by atoms with Gasteiger partial charge in [0.05, 0.1) is 12.2 Å². The van der Waals surface area contributed by atoms with Crippen molar-refractivity contribution in [3.05, 3.63) is 0 Å². The zero-order valence-corrected chi connectivity index (χ0v) is 9.04. The Labute approximate surface area is 86.6 Å². The lowest BCUT2D eigenvalue weighted by atomic mass is 10.1. The molecular formula is C11H20N2O. The average molecular weight is 196 g/mol. The highest BCUT2D eigenvalue weighted by Crippen LogP contribution is 2.13.